The maximum atomic E-state index is 12.9. The molecule has 1 saturated heterocycles. The number of aliphatic carboxylic acids is 1. The molecule has 0 aromatic heterocycles. The number of nitrogens with zero attached hydrogens (tertiary/aromatic N) is 1. The van der Waals surface area contributed by atoms with Crippen molar-refractivity contribution in [3.05, 3.63) is 0 Å². The van der Waals surface area contributed by atoms with Crippen molar-refractivity contribution in [3.63, 3.8) is 0 Å². The number of carbonyl (C=O) groups is 5. The number of hydrogen-bond donors (Lipinski definition) is 5. The lowest BCUT2D eigenvalue weighted by Crippen LogP contribution is -2.57. The Morgan fingerprint density at radius 1 is 1.19 bits per heavy atom. The minimum Gasteiger partial charge on any atom is -0.480 e. The molecule has 0 spiro atoms. The SMILES string of the molecule is CC(C)C(NC(=O)CN)C(=O)N1CCCC1C(=O)NC(CC(N)=O)C(=O)O. The molecule has 152 valence electrons. The average molecular weight is 385 g/mol. The molecule has 27 heavy (non-hydrogen) atoms. The molecular formula is C16H27N5O6. The first kappa shape index (κ1) is 22.4. The molecule has 1 aliphatic heterocycles. The lowest BCUT2D eigenvalue weighted by molar-refractivity contribution is -0.146. The number of nitrogens with one attached hydrogen (secondary N) is 2. The van der Waals surface area contributed by atoms with Gasteiger partial charge in [0.15, 0.2) is 0 Å². The molecule has 0 radical (unpaired) electrons. The predicted molar refractivity (Wildman–Crippen MR) is 93.9 cm³/mol. The van der Waals surface area contributed by atoms with Crippen LogP contribution in [0.2, 0.25) is 0 Å². The van der Waals surface area contributed by atoms with Gasteiger partial charge in [0.1, 0.15) is 18.1 Å². The van der Waals surface area contributed by atoms with Gasteiger partial charge in [-0.25, -0.2) is 4.79 Å². The summed E-state index contributed by atoms with van der Waals surface area (Å²) in [5.74, 6) is -4.11. The number of likely N-dealkylation sites (tertiary alicyclic amines) is 1. The summed E-state index contributed by atoms with van der Waals surface area (Å²) in [5.41, 5.74) is 10.3. The number of amides is 4. The van der Waals surface area contributed by atoms with Gasteiger partial charge in [-0.1, -0.05) is 13.8 Å². The summed E-state index contributed by atoms with van der Waals surface area (Å²) in [6, 6.07) is -3.20. The van der Waals surface area contributed by atoms with Crippen LogP contribution in [-0.4, -0.2) is 70.8 Å². The van der Waals surface area contributed by atoms with Gasteiger partial charge in [-0.05, 0) is 18.8 Å². The first-order valence-corrected chi connectivity index (χ1v) is 8.69. The van der Waals surface area contributed by atoms with Gasteiger partial charge in [-0.2, -0.15) is 0 Å². The Kier molecular flexibility index (Phi) is 8.16. The second-order valence-electron chi connectivity index (χ2n) is 6.75. The maximum absolute atomic E-state index is 12.9. The molecule has 7 N–H and O–H groups in total. The molecule has 3 atom stereocenters. The molecule has 1 heterocycles. The van der Waals surface area contributed by atoms with Crippen molar-refractivity contribution in [1.82, 2.24) is 15.5 Å². The van der Waals surface area contributed by atoms with Crippen LogP contribution in [0.1, 0.15) is 33.1 Å². The van der Waals surface area contributed by atoms with E-state index in [1.54, 1.807) is 13.8 Å². The van der Waals surface area contributed by atoms with Crippen LogP contribution in [0.5, 0.6) is 0 Å². The third kappa shape index (κ3) is 6.20. The second kappa shape index (κ2) is 9.86. The van der Waals surface area contributed by atoms with Crippen LogP contribution in [0, 0.1) is 5.92 Å². The Bertz CT molecular complexity index is 608. The van der Waals surface area contributed by atoms with Crippen molar-refractivity contribution in [2.45, 2.75) is 51.2 Å². The Morgan fingerprint density at radius 2 is 1.81 bits per heavy atom. The smallest absolute Gasteiger partial charge is 0.326 e. The quantitative estimate of drug-likeness (QED) is 0.291. The standard InChI is InChI=1S/C16H27N5O6/c1-8(2)13(20-12(23)7-17)15(25)21-5-3-4-10(21)14(24)19-9(16(26)27)6-11(18)22/h8-10,13H,3-7,17H2,1-2H3,(H2,18,22)(H,19,24)(H,20,23)(H,26,27). The van der Waals surface area contributed by atoms with Gasteiger partial charge < -0.3 is 32.1 Å². The van der Waals surface area contributed by atoms with Gasteiger partial charge in [0, 0.05) is 6.54 Å². The highest BCUT2D eigenvalue weighted by molar-refractivity contribution is 5.95. The molecule has 1 fully saturated rings. The molecule has 1 aliphatic rings. The molecule has 0 aromatic carbocycles. The fourth-order valence-electron chi connectivity index (χ4n) is 2.90. The molecule has 0 bridgehead atoms. The van der Waals surface area contributed by atoms with E-state index in [9.17, 15) is 24.0 Å². The van der Waals surface area contributed by atoms with Crippen molar-refractivity contribution in [1.29, 1.82) is 0 Å². The van der Waals surface area contributed by atoms with Gasteiger partial charge in [0.05, 0.1) is 13.0 Å². The number of carboxylic acids is 1. The third-order valence-corrected chi connectivity index (χ3v) is 4.29. The first-order valence-electron chi connectivity index (χ1n) is 8.69. The Hall–Kier alpha value is -2.69. The number of carboxylic acid groups (broad SMARTS) is 1. The molecule has 11 heteroatoms. The minimum atomic E-state index is -1.47. The fourth-order valence-corrected chi connectivity index (χ4v) is 2.90. The van der Waals surface area contributed by atoms with Gasteiger partial charge in [0.2, 0.25) is 23.6 Å². The summed E-state index contributed by atoms with van der Waals surface area (Å²) in [4.78, 5) is 60.4. The summed E-state index contributed by atoms with van der Waals surface area (Å²) in [7, 11) is 0. The zero-order chi connectivity index (χ0) is 20.7. The lowest BCUT2D eigenvalue weighted by atomic mass is 10.0. The van der Waals surface area contributed by atoms with Crippen LogP contribution in [0.4, 0.5) is 0 Å². The maximum Gasteiger partial charge on any atom is 0.326 e. The highest BCUT2D eigenvalue weighted by Crippen LogP contribution is 2.20. The van der Waals surface area contributed by atoms with E-state index in [4.69, 9.17) is 16.6 Å². The van der Waals surface area contributed by atoms with Crippen LogP contribution in [0.3, 0.4) is 0 Å². The third-order valence-electron chi connectivity index (χ3n) is 4.29. The Morgan fingerprint density at radius 3 is 2.30 bits per heavy atom. The van der Waals surface area contributed by atoms with E-state index in [2.05, 4.69) is 10.6 Å². The molecule has 4 amide bonds. The summed E-state index contributed by atoms with van der Waals surface area (Å²) < 4.78 is 0. The fraction of sp³-hybridized carbons (Fsp3) is 0.688. The molecule has 3 unspecified atom stereocenters. The van der Waals surface area contributed by atoms with E-state index in [1.165, 1.54) is 4.90 Å². The number of nitrogens with two attached hydrogens (primary N) is 2. The van der Waals surface area contributed by atoms with E-state index < -0.39 is 54.1 Å². The van der Waals surface area contributed by atoms with Crippen LogP contribution in [0.25, 0.3) is 0 Å². The van der Waals surface area contributed by atoms with Crippen molar-refractivity contribution < 1.29 is 29.1 Å². The zero-order valence-electron chi connectivity index (χ0n) is 15.4. The van der Waals surface area contributed by atoms with Crippen LogP contribution < -0.4 is 22.1 Å². The van der Waals surface area contributed by atoms with E-state index in [0.717, 1.165) is 0 Å². The second-order valence-corrected chi connectivity index (χ2v) is 6.75. The van der Waals surface area contributed by atoms with Crippen LogP contribution in [0.15, 0.2) is 0 Å². The van der Waals surface area contributed by atoms with E-state index in [1.807, 2.05) is 0 Å². The van der Waals surface area contributed by atoms with Crippen molar-refractivity contribution >= 4 is 29.6 Å². The molecule has 11 nitrogen and oxygen atoms in total. The average Bonchev–Trinajstić information content (AvgIpc) is 3.07. The highest BCUT2D eigenvalue weighted by atomic mass is 16.4. The molecular weight excluding hydrogens is 358 g/mol. The number of hydrogen-bond acceptors (Lipinski definition) is 6. The number of rotatable bonds is 9. The largest absolute Gasteiger partial charge is 0.480 e. The molecule has 0 aliphatic carbocycles. The first-order chi connectivity index (χ1) is 12.6. The molecule has 1 rings (SSSR count). The van der Waals surface area contributed by atoms with Crippen molar-refractivity contribution in [2.24, 2.45) is 17.4 Å². The van der Waals surface area contributed by atoms with Gasteiger partial charge in [-0.3, -0.25) is 19.2 Å². The highest BCUT2D eigenvalue weighted by Gasteiger charge is 2.39. The van der Waals surface area contributed by atoms with Crippen LogP contribution >= 0.6 is 0 Å². The lowest BCUT2D eigenvalue weighted by Gasteiger charge is -2.31. The minimum absolute atomic E-state index is 0.237. The van der Waals surface area contributed by atoms with E-state index in [-0.39, 0.29) is 12.5 Å². The number of carbonyl (C=O) groups excluding carboxylic acids is 4. The van der Waals surface area contributed by atoms with Crippen LogP contribution in [-0.2, 0) is 24.0 Å². The molecule has 0 aromatic rings. The predicted octanol–water partition coefficient (Wildman–Crippen LogP) is -2.48. The summed E-state index contributed by atoms with van der Waals surface area (Å²) in [6.07, 6.45) is 0.339. The molecule has 0 saturated carbocycles. The summed E-state index contributed by atoms with van der Waals surface area (Å²) in [6.45, 7) is 3.52. The van der Waals surface area contributed by atoms with Crippen molar-refractivity contribution in [3.8, 4) is 0 Å². The van der Waals surface area contributed by atoms with Gasteiger partial charge in [-0.15, -0.1) is 0 Å². The Labute approximate surface area is 156 Å². The zero-order valence-corrected chi connectivity index (χ0v) is 15.4. The topological polar surface area (TPSA) is 185 Å². The van der Waals surface area contributed by atoms with Crippen molar-refractivity contribution in [2.75, 3.05) is 13.1 Å². The normalized spacial score (nSPS) is 18.7. The van der Waals surface area contributed by atoms with E-state index >= 15 is 0 Å². The monoisotopic (exact) mass is 385 g/mol. The number of primary amides is 1. The Balaban J connectivity index is 2.90. The summed E-state index contributed by atoms with van der Waals surface area (Å²) >= 11 is 0. The van der Waals surface area contributed by atoms with Gasteiger partial charge in [0.25, 0.3) is 0 Å². The van der Waals surface area contributed by atoms with E-state index in [0.29, 0.717) is 19.4 Å². The van der Waals surface area contributed by atoms with Gasteiger partial charge >= 0.3 is 5.97 Å². The summed E-state index contributed by atoms with van der Waals surface area (Å²) in [5, 5.41) is 13.9.